The summed E-state index contributed by atoms with van der Waals surface area (Å²) >= 11 is 5.41. The van der Waals surface area contributed by atoms with E-state index in [1.54, 1.807) is 54.6 Å². The Kier molecular flexibility index (Phi) is 9.71. The van der Waals surface area contributed by atoms with Gasteiger partial charge >= 0.3 is 0 Å². The fourth-order valence-electron chi connectivity index (χ4n) is 8.03. The number of carbonyl (C=O) groups excluding carboxylic acids is 2. The first-order valence-electron chi connectivity index (χ1n) is 18.7. The second kappa shape index (κ2) is 14.6. The van der Waals surface area contributed by atoms with Crippen molar-refractivity contribution in [1.29, 1.82) is 0 Å². The lowest BCUT2D eigenvalue weighted by Crippen LogP contribution is -2.65. The smallest absolute Gasteiger partial charge is 0.299 e. The molecule has 300 valence electrons. The second-order valence-corrected chi connectivity index (χ2v) is 16.3. The van der Waals surface area contributed by atoms with Gasteiger partial charge in [0.2, 0.25) is 0 Å². The number of benzene rings is 4. The standard InChI is InChI=1S/C26H29FN6O2.C16H8ClFN4O2/c1-15-26(2,3)13-17(14-33(15,4)5)28-24(34)16-9-11-18(12-10-16)32-25(35)23-22(31-32)19-7-6-8-20(27)21(19)29-30-23;17-15(23)8-4-6-9(7-5-8)22-16(24)14-13(21-22)10-2-1-3-11(18)12(10)19-20-14/h6-12,15,17H,13-14H2,1-5H3,(H-,28,29,31,34,35);1-7,21H/p+1. The summed E-state index contributed by atoms with van der Waals surface area (Å²) in [4.78, 5) is 49.6. The van der Waals surface area contributed by atoms with Gasteiger partial charge in [0.05, 0.1) is 55.1 Å². The molecular weight excluding hydrogens is 782 g/mol. The number of amides is 1. The van der Waals surface area contributed by atoms with Crippen LogP contribution in [0.25, 0.3) is 55.2 Å². The number of rotatable bonds is 5. The number of fused-ring (bicyclic) bond motifs is 6. The topological polar surface area (TPSA) is 173 Å². The lowest BCUT2D eigenvalue weighted by Gasteiger charge is -2.51. The van der Waals surface area contributed by atoms with Crippen molar-refractivity contribution in [1.82, 2.24) is 45.3 Å². The highest BCUT2D eigenvalue weighted by molar-refractivity contribution is 6.67. The lowest BCUT2D eigenvalue weighted by molar-refractivity contribution is -0.927. The van der Waals surface area contributed by atoms with E-state index in [0.717, 1.165) is 17.4 Å². The number of nitrogens with zero attached hydrogens (tertiary/aromatic N) is 7. The Morgan fingerprint density at radius 1 is 0.729 bits per heavy atom. The molecule has 0 bridgehead atoms. The van der Waals surface area contributed by atoms with E-state index in [2.05, 4.69) is 70.8 Å². The Morgan fingerprint density at radius 3 is 1.61 bits per heavy atom. The highest BCUT2D eigenvalue weighted by Crippen LogP contribution is 2.37. The van der Waals surface area contributed by atoms with Gasteiger partial charge in [-0.05, 0) is 85.6 Å². The molecule has 0 radical (unpaired) electrons. The number of aromatic nitrogens is 8. The largest absolute Gasteiger partial charge is 0.344 e. The zero-order chi connectivity index (χ0) is 42.0. The van der Waals surface area contributed by atoms with Gasteiger partial charge in [-0.2, -0.15) is 0 Å². The molecule has 17 heteroatoms. The Morgan fingerprint density at radius 2 is 1.17 bits per heavy atom. The number of carbonyl (C=O) groups is 2. The number of piperidine rings is 1. The summed E-state index contributed by atoms with van der Waals surface area (Å²) in [7, 11) is 4.42. The van der Waals surface area contributed by atoms with Crippen molar-refractivity contribution in [3.63, 3.8) is 0 Å². The summed E-state index contributed by atoms with van der Waals surface area (Å²) in [6.45, 7) is 7.65. The number of quaternary nitrogens is 1. The van der Waals surface area contributed by atoms with E-state index in [4.69, 9.17) is 11.6 Å². The van der Waals surface area contributed by atoms with E-state index in [1.807, 2.05) is 0 Å². The van der Waals surface area contributed by atoms with Crippen LogP contribution in [0.4, 0.5) is 8.78 Å². The van der Waals surface area contributed by atoms with Crippen LogP contribution in [-0.2, 0) is 0 Å². The second-order valence-electron chi connectivity index (χ2n) is 16.0. The molecule has 59 heavy (non-hydrogen) atoms. The number of hydrogen-bond donors (Lipinski definition) is 3. The Labute approximate surface area is 339 Å². The van der Waals surface area contributed by atoms with Gasteiger partial charge in [-0.1, -0.05) is 38.1 Å². The first-order valence-corrected chi connectivity index (χ1v) is 19.1. The normalized spacial score (nSPS) is 17.2. The molecule has 2 atom stereocenters. The molecule has 8 aromatic rings. The minimum absolute atomic E-state index is 0.0759. The van der Waals surface area contributed by atoms with Gasteiger partial charge in [-0.3, -0.25) is 29.4 Å². The van der Waals surface area contributed by atoms with Crippen molar-refractivity contribution in [2.75, 3.05) is 20.6 Å². The van der Waals surface area contributed by atoms with Crippen molar-refractivity contribution < 1.29 is 22.9 Å². The van der Waals surface area contributed by atoms with Crippen molar-refractivity contribution in [3.05, 3.63) is 128 Å². The van der Waals surface area contributed by atoms with E-state index in [-0.39, 0.29) is 39.4 Å². The molecule has 0 saturated carbocycles. The summed E-state index contributed by atoms with van der Waals surface area (Å²) in [5.74, 6) is -1.15. The molecule has 5 heterocycles. The Bertz CT molecular complexity index is 3060. The number of likely N-dealkylation sites (tertiary alicyclic amines) is 1. The van der Waals surface area contributed by atoms with Crippen LogP contribution in [-0.4, -0.2) is 88.3 Å². The maximum absolute atomic E-state index is 14.1. The maximum atomic E-state index is 14.1. The number of halogens is 3. The predicted molar refractivity (Wildman–Crippen MR) is 220 cm³/mol. The number of hydrogen-bond acceptors (Lipinski definition) is 8. The molecule has 14 nitrogen and oxygen atoms in total. The molecule has 1 aliphatic rings. The molecule has 4 aromatic carbocycles. The summed E-state index contributed by atoms with van der Waals surface area (Å²) in [6.07, 6.45) is 0.916. The van der Waals surface area contributed by atoms with Crippen molar-refractivity contribution in [2.24, 2.45) is 5.41 Å². The molecular formula is C42H38ClF2N10O4+. The molecule has 3 N–H and O–H groups in total. The number of likely N-dealkylation sites (N-methyl/N-ethyl adjacent to an activating group) is 1. The third-order valence-electron chi connectivity index (χ3n) is 11.5. The monoisotopic (exact) mass is 819 g/mol. The van der Waals surface area contributed by atoms with Gasteiger partial charge < -0.3 is 9.80 Å². The minimum Gasteiger partial charge on any atom is -0.344 e. The van der Waals surface area contributed by atoms with E-state index in [0.29, 0.717) is 50.3 Å². The summed E-state index contributed by atoms with van der Waals surface area (Å²) in [5, 5.41) is 24.9. The van der Waals surface area contributed by atoms with Crippen LogP contribution in [0.2, 0.25) is 0 Å². The van der Waals surface area contributed by atoms with E-state index in [9.17, 15) is 28.0 Å². The van der Waals surface area contributed by atoms with Crippen LogP contribution in [0, 0.1) is 17.0 Å². The zero-order valence-electron chi connectivity index (χ0n) is 32.5. The quantitative estimate of drug-likeness (QED) is 0.137. The van der Waals surface area contributed by atoms with Crippen molar-refractivity contribution >= 4 is 66.6 Å². The molecule has 1 fully saturated rings. The first kappa shape index (κ1) is 39.2. The molecule has 0 aliphatic carbocycles. The van der Waals surface area contributed by atoms with Crippen molar-refractivity contribution in [3.8, 4) is 11.4 Å². The van der Waals surface area contributed by atoms with Gasteiger partial charge in [0.25, 0.3) is 22.3 Å². The number of aromatic amines is 2. The van der Waals surface area contributed by atoms with E-state index < -0.39 is 28.0 Å². The average molecular weight is 820 g/mol. The maximum Gasteiger partial charge on any atom is 0.299 e. The zero-order valence-corrected chi connectivity index (χ0v) is 33.3. The van der Waals surface area contributed by atoms with Gasteiger partial charge in [-0.25, -0.2) is 18.1 Å². The van der Waals surface area contributed by atoms with Crippen LogP contribution < -0.4 is 16.4 Å². The van der Waals surface area contributed by atoms with Crippen LogP contribution >= 0.6 is 11.6 Å². The molecule has 2 unspecified atom stereocenters. The average Bonchev–Trinajstić information content (AvgIpc) is 3.73. The number of nitrogens with one attached hydrogen (secondary N) is 3. The predicted octanol–water partition coefficient (Wildman–Crippen LogP) is 6.17. The van der Waals surface area contributed by atoms with Crippen molar-refractivity contribution in [2.45, 2.75) is 39.3 Å². The summed E-state index contributed by atoms with van der Waals surface area (Å²) in [5.41, 5.74) is 2.37. The number of H-pyrrole nitrogens is 2. The summed E-state index contributed by atoms with van der Waals surface area (Å²) < 4.78 is 31.4. The first-order chi connectivity index (χ1) is 28.0. The molecule has 0 spiro atoms. The highest BCUT2D eigenvalue weighted by atomic mass is 35.5. The highest BCUT2D eigenvalue weighted by Gasteiger charge is 2.46. The Hall–Kier alpha value is -6.65. The van der Waals surface area contributed by atoms with Crippen LogP contribution in [0.5, 0.6) is 0 Å². The molecule has 9 rings (SSSR count). The minimum atomic E-state index is -0.585. The fraction of sp³-hybridized carbons (Fsp3) is 0.238. The van der Waals surface area contributed by atoms with Crippen LogP contribution in [0.15, 0.2) is 94.5 Å². The third kappa shape index (κ3) is 7.03. The van der Waals surface area contributed by atoms with Gasteiger partial charge in [0, 0.05) is 27.3 Å². The SMILES string of the molecule is CC1C(C)(C)CC(NC(=O)c2ccc(-n3[nH]c4c(nnc5c(F)cccc54)c3=O)cc2)C[N+]1(C)C.O=C(Cl)c1ccc(-n2[nH]c3c(nnc4c(F)cccc43)c2=O)cc1. The van der Waals surface area contributed by atoms with Gasteiger partial charge in [-0.15, -0.1) is 20.4 Å². The molecule has 4 aromatic heterocycles. The summed E-state index contributed by atoms with van der Waals surface area (Å²) in [6, 6.07) is 22.6. The van der Waals surface area contributed by atoms with Crippen LogP contribution in [0.1, 0.15) is 47.9 Å². The molecule has 1 amide bonds. The molecule has 1 saturated heterocycles. The molecule has 1 aliphatic heterocycles. The third-order valence-corrected chi connectivity index (χ3v) is 11.7. The van der Waals surface area contributed by atoms with Gasteiger partial charge in [0.15, 0.2) is 22.7 Å². The van der Waals surface area contributed by atoms with E-state index in [1.165, 1.54) is 39.7 Å². The van der Waals surface area contributed by atoms with Gasteiger partial charge in [0.1, 0.15) is 11.0 Å². The van der Waals surface area contributed by atoms with Crippen LogP contribution in [0.3, 0.4) is 0 Å². The Balaban J connectivity index is 0.000000176. The lowest BCUT2D eigenvalue weighted by atomic mass is 9.74. The van der Waals surface area contributed by atoms with E-state index >= 15 is 0 Å². The fourth-order valence-corrected chi connectivity index (χ4v) is 8.16.